The van der Waals surface area contributed by atoms with E-state index in [0.29, 0.717) is 0 Å². The molecule has 0 aliphatic carbocycles. The van der Waals surface area contributed by atoms with Gasteiger partial charge in [-0.3, -0.25) is 4.79 Å². The molecule has 0 unspecified atom stereocenters. The predicted octanol–water partition coefficient (Wildman–Crippen LogP) is 5.13. The molecule has 5 rings (SSSR count). The molecule has 33 heavy (non-hydrogen) atoms. The first-order valence-electron chi connectivity index (χ1n) is 10.4. The van der Waals surface area contributed by atoms with E-state index < -0.39 is 0 Å². The van der Waals surface area contributed by atoms with Crippen molar-refractivity contribution in [2.45, 2.75) is 9.79 Å². The number of likely N-dealkylation sites (N-methyl/N-ethyl adjacent to an activating group) is 1. The highest BCUT2D eigenvalue weighted by atomic mass is 79.9. The van der Waals surface area contributed by atoms with Crippen LogP contribution in [-0.2, 0) is 0 Å². The number of amides is 1. The number of pyridine rings is 2. The van der Waals surface area contributed by atoms with Crippen LogP contribution in [0.25, 0.3) is 10.3 Å². The van der Waals surface area contributed by atoms with Gasteiger partial charge in [-0.05, 0) is 65.4 Å². The monoisotopic (exact) mass is 540 g/mol. The molecular formula is C23H21BrN6OS2. The van der Waals surface area contributed by atoms with Crippen LogP contribution in [-0.4, -0.2) is 63.9 Å². The SMILES string of the molecule is CN1CCN(C(=O)c2ccc(Sc3cc(Br)cnc3Nc3nc4cccnc4s3)cc2)CC1. The summed E-state index contributed by atoms with van der Waals surface area (Å²) in [5.41, 5.74) is 1.58. The van der Waals surface area contributed by atoms with Crippen LogP contribution < -0.4 is 5.32 Å². The van der Waals surface area contributed by atoms with Crippen molar-refractivity contribution in [1.82, 2.24) is 24.8 Å². The highest BCUT2D eigenvalue weighted by Crippen LogP contribution is 2.36. The van der Waals surface area contributed by atoms with Crippen molar-refractivity contribution in [2.24, 2.45) is 0 Å². The lowest BCUT2D eigenvalue weighted by Gasteiger charge is -2.32. The number of thiazole rings is 1. The molecule has 4 heterocycles. The van der Waals surface area contributed by atoms with Gasteiger partial charge in [0.25, 0.3) is 5.91 Å². The summed E-state index contributed by atoms with van der Waals surface area (Å²) in [6.07, 6.45) is 3.53. The fourth-order valence-corrected chi connectivity index (χ4v) is 5.70. The van der Waals surface area contributed by atoms with E-state index >= 15 is 0 Å². The molecule has 0 radical (unpaired) electrons. The molecule has 1 amide bonds. The van der Waals surface area contributed by atoms with Gasteiger partial charge >= 0.3 is 0 Å². The van der Waals surface area contributed by atoms with Crippen molar-refractivity contribution < 1.29 is 4.79 Å². The van der Waals surface area contributed by atoms with Gasteiger partial charge in [0, 0.05) is 53.5 Å². The molecular weight excluding hydrogens is 520 g/mol. The number of rotatable bonds is 5. The lowest BCUT2D eigenvalue weighted by Crippen LogP contribution is -2.47. The molecule has 0 spiro atoms. The third-order valence-corrected chi connectivity index (χ3v) is 7.70. The molecule has 3 aromatic heterocycles. The van der Waals surface area contributed by atoms with Crippen LogP contribution >= 0.6 is 39.0 Å². The molecule has 1 saturated heterocycles. The zero-order chi connectivity index (χ0) is 22.8. The van der Waals surface area contributed by atoms with E-state index in [1.165, 1.54) is 11.3 Å². The lowest BCUT2D eigenvalue weighted by atomic mass is 10.2. The zero-order valence-electron chi connectivity index (χ0n) is 17.9. The molecule has 1 aliphatic rings. The third-order valence-electron chi connectivity index (χ3n) is 5.33. The van der Waals surface area contributed by atoms with Crippen LogP contribution in [0.1, 0.15) is 10.4 Å². The Kier molecular flexibility index (Phi) is 6.59. The van der Waals surface area contributed by atoms with Crippen LogP contribution in [0, 0.1) is 0 Å². The van der Waals surface area contributed by atoms with Gasteiger partial charge in [-0.1, -0.05) is 23.1 Å². The van der Waals surface area contributed by atoms with Crippen molar-refractivity contribution in [1.29, 1.82) is 0 Å². The van der Waals surface area contributed by atoms with Crippen molar-refractivity contribution in [2.75, 3.05) is 38.5 Å². The Labute approximate surface area is 208 Å². The summed E-state index contributed by atoms with van der Waals surface area (Å²) in [5, 5.41) is 4.08. The highest BCUT2D eigenvalue weighted by Gasteiger charge is 2.20. The lowest BCUT2D eigenvalue weighted by molar-refractivity contribution is 0.0664. The molecule has 0 atom stereocenters. The second-order valence-electron chi connectivity index (χ2n) is 7.69. The Bertz CT molecular complexity index is 1250. The van der Waals surface area contributed by atoms with Gasteiger partial charge in [0.15, 0.2) is 5.13 Å². The van der Waals surface area contributed by atoms with Crippen molar-refractivity contribution in [3.63, 3.8) is 0 Å². The summed E-state index contributed by atoms with van der Waals surface area (Å²) in [5.74, 6) is 0.815. The highest BCUT2D eigenvalue weighted by molar-refractivity contribution is 9.10. The van der Waals surface area contributed by atoms with Gasteiger partial charge in [0.2, 0.25) is 0 Å². The largest absolute Gasteiger partial charge is 0.336 e. The van der Waals surface area contributed by atoms with E-state index in [-0.39, 0.29) is 5.91 Å². The predicted molar refractivity (Wildman–Crippen MR) is 137 cm³/mol. The summed E-state index contributed by atoms with van der Waals surface area (Å²) in [4.78, 5) is 33.4. The number of carbonyl (C=O) groups excluding carboxylic acids is 1. The van der Waals surface area contributed by atoms with Crippen LogP contribution in [0.15, 0.2) is 69.1 Å². The second kappa shape index (κ2) is 9.76. The van der Waals surface area contributed by atoms with Gasteiger partial charge in [-0.2, -0.15) is 0 Å². The number of nitrogens with one attached hydrogen (secondary N) is 1. The van der Waals surface area contributed by atoms with Crippen molar-refractivity contribution in [3.8, 4) is 0 Å². The van der Waals surface area contributed by atoms with Crippen LogP contribution in [0.3, 0.4) is 0 Å². The quantitative estimate of drug-likeness (QED) is 0.376. The molecule has 0 saturated carbocycles. The molecule has 0 bridgehead atoms. The zero-order valence-corrected chi connectivity index (χ0v) is 21.1. The van der Waals surface area contributed by atoms with Crippen LogP contribution in [0.4, 0.5) is 10.9 Å². The average molecular weight is 542 g/mol. The number of carbonyl (C=O) groups is 1. The maximum atomic E-state index is 12.8. The van der Waals surface area contributed by atoms with E-state index in [1.54, 1.807) is 24.2 Å². The number of anilines is 2. The van der Waals surface area contributed by atoms with Crippen molar-refractivity contribution >= 4 is 66.2 Å². The average Bonchev–Trinajstić information content (AvgIpc) is 3.24. The number of benzene rings is 1. The minimum Gasteiger partial charge on any atom is -0.336 e. The number of aromatic nitrogens is 3. The van der Waals surface area contributed by atoms with E-state index in [1.807, 2.05) is 47.4 Å². The topological polar surface area (TPSA) is 74.2 Å². The van der Waals surface area contributed by atoms with Gasteiger partial charge < -0.3 is 15.1 Å². The summed E-state index contributed by atoms with van der Waals surface area (Å²) in [6, 6.07) is 13.6. The summed E-state index contributed by atoms with van der Waals surface area (Å²) in [6.45, 7) is 3.36. The minimum absolute atomic E-state index is 0.0931. The number of halogens is 1. The van der Waals surface area contributed by atoms with Gasteiger partial charge in [0.05, 0.1) is 4.90 Å². The maximum absolute atomic E-state index is 12.8. The Morgan fingerprint density at radius 3 is 2.67 bits per heavy atom. The minimum atomic E-state index is 0.0931. The molecule has 4 aromatic rings. The molecule has 1 aliphatic heterocycles. The molecule has 1 aromatic carbocycles. The number of hydrogen-bond acceptors (Lipinski definition) is 8. The Hall–Kier alpha value is -2.53. The summed E-state index contributed by atoms with van der Waals surface area (Å²) < 4.78 is 0.892. The summed E-state index contributed by atoms with van der Waals surface area (Å²) in [7, 11) is 2.08. The van der Waals surface area contributed by atoms with E-state index in [2.05, 4.69) is 48.1 Å². The van der Waals surface area contributed by atoms with E-state index in [4.69, 9.17) is 0 Å². The smallest absolute Gasteiger partial charge is 0.253 e. The first-order valence-corrected chi connectivity index (χ1v) is 12.9. The fourth-order valence-electron chi connectivity index (χ4n) is 3.50. The number of hydrogen-bond donors (Lipinski definition) is 1. The Morgan fingerprint density at radius 1 is 1.12 bits per heavy atom. The Balaban J connectivity index is 1.32. The van der Waals surface area contributed by atoms with Crippen molar-refractivity contribution in [3.05, 3.63) is 64.9 Å². The van der Waals surface area contributed by atoms with E-state index in [0.717, 1.165) is 67.3 Å². The molecule has 1 N–H and O–H groups in total. The van der Waals surface area contributed by atoms with Crippen LogP contribution in [0.5, 0.6) is 0 Å². The number of fused-ring (bicyclic) bond motifs is 1. The van der Waals surface area contributed by atoms with E-state index in [9.17, 15) is 4.79 Å². The second-order valence-corrected chi connectivity index (χ2v) is 10.7. The molecule has 10 heteroatoms. The first-order chi connectivity index (χ1) is 16.0. The Morgan fingerprint density at radius 2 is 1.91 bits per heavy atom. The van der Waals surface area contributed by atoms with Crippen LogP contribution in [0.2, 0.25) is 0 Å². The normalized spacial score (nSPS) is 14.5. The van der Waals surface area contributed by atoms with Gasteiger partial charge in [-0.15, -0.1) is 0 Å². The summed E-state index contributed by atoms with van der Waals surface area (Å²) >= 11 is 6.60. The molecule has 1 fully saturated rings. The molecule has 168 valence electrons. The molecule has 7 nitrogen and oxygen atoms in total. The fraction of sp³-hybridized carbons (Fsp3) is 0.217. The maximum Gasteiger partial charge on any atom is 0.253 e. The number of piperazine rings is 1. The standard InChI is InChI=1S/C23H21BrN6OS2/c1-29-9-11-30(12-10-29)22(31)15-4-6-17(7-5-15)32-19-13-16(24)14-26-20(19)28-23-27-18-3-2-8-25-21(18)33-23/h2-8,13-14H,9-12H2,1H3,(H,26,27,28). The number of nitrogens with zero attached hydrogens (tertiary/aromatic N) is 5. The van der Waals surface area contributed by atoms with Gasteiger partial charge in [-0.25, -0.2) is 15.0 Å². The third kappa shape index (κ3) is 5.19. The van der Waals surface area contributed by atoms with Gasteiger partial charge in [0.1, 0.15) is 16.2 Å². The first kappa shape index (κ1) is 22.3.